The third kappa shape index (κ3) is 4.77. The minimum atomic E-state index is -1.67. The van der Waals surface area contributed by atoms with Crippen LogP contribution in [-0.4, -0.2) is 36.4 Å². The lowest BCUT2D eigenvalue weighted by atomic mass is 10.9. The van der Waals surface area contributed by atoms with E-state index in [9.17, 15) is 4.79 Å². The van der Waals surface area contributed by atoms with Crippen LogP contribution in [-0.2, 0) is 13.6 Å². The fourth-order valence-corrected chi connectivity index (χ4v) is 1.05. The summed E-state index contributed by atoms with van der Waals surface area (Å²) in [6.45, 7) is 2.07. The van der Waals surface area contributed by atoms with Gasteiger partial charge in [0.2, 0.25) is 0 Å². The van der Waals surface area contributed by atoms with E-state index in [0.29, 0.717) is 6.61 Å². The molecule has 0 aliphatic carbocycles. The Labute approximate surface area is 67.6 Å². The van der Waals surface area contributed by atoms with Gasteiger partial charge in [0.25, 0.3) is 0 Å². The van der Waals surface area contributed by atoms with E-state index in [1.807, 2.05) is 0 Å². The van der Waals surface area contributed by atoms with Gasteiger partial charge in [-0.1, -0.05) is 0 Å². The van der Waals surface area contributed by atoms with Crippen LogP contribution in [0.25, 0.3) is 0 Å². The average molecular weight is 178 g/mol. The number of rotatable bonds is 4. The van der Waals surface area contributed by atoms with E-state index < -0.39 is 15.5 Å². The molecule has 0 saturated carbocycles. The van der Waals surface area contributed by atoms with Crippen molar-refractivity contribution in [1.82, 2.24) is 4.98 Å². The molecule has 6 heteroatoms. The molecule has 0 aliphatic heterocycles. The highest BCUT2D eigenvalue weighted by Crippen LogP contribution is 1.82. The van der Waals surface area contributed by atoms with E-state index in [1.165, 1.54) is 14.2 Å². The van der Waals surface area contributed by atoms with Gasteiger partial charge in [-0.05, 0) is 6.92 Å². The van der Waals surface area contributed by atoms with E-state index in [0.717, 1.165) is 0 Å². The van der Waals surface area contributed by atoms with Crippen molar-refractivity contribution in [2.24, 2.45) is 0 Å². The standard InChI is InChI=1S/C5H12NO4Si/c1-4-10-5(7)6-11(8-2)9-3/h4H2,1-3H3,(H,6,7). The highest BCUT2D eigenvalue weighted by molar-refractivity contribution is 6.44. The van der Waals surface area contributed by atoms with E-state index in [-0.39, 0.29) is 0 Å². The number of ether oxygens (including phenoxy) is 1. The van der Waals surface area contributed by atoms with Gasteiger partial charge in [-0.2, -0.15) is 0 Å². The molecule has 0 rings (SSSR count). The summed E-state index contributed by atoms with van der Waals surface area (Å²) in [5, 5.41) is 0. The molecular formula is C5H12NO4Si. The highest BCUT2D eigenvalue weighted by atomic mass is 28.3. The van der Waals surface area contributed by atoms with Gasteiger partial charge in [-0.15, -0.1) is 0 Å². The lowest BCUT2D eigenvalue weighted by Crippen LogP contribution is -2.42. The normalized spacial score (nSPS) is 9.82. The fourth-order valence-electron chi connectivity index (χ4n) is 0.436. The molecule has 1 amide bonds. The van der Waals surface area contributed by atoms with Crippen LogP contribution in [0.5, 0.6) is 0 Å². The summed E-state index contributed by atoms with van der Waals surface area (Å²) >= 11 is 0. The molecule has 0 aromatic rings. The molecule has 0 saturated heterocycles. The third-order valence-electron chi connectivity index (χ3n) is 0.850. The zero-order chi connectivity index (χ0) is 8.69. The van der Waals surface area contributed by atoms with Gasteiger partial charge < -0.3 is 18.6 Å². The summed E-state index contributed by atoms with van der Waals surface area (Å²) in [4.78, 5) is 13.1. The van der Waals surface area contributed by atoms with Crippen molar-refractivity contribution in [2.75, 3.05) is 20.8 Å². The summed E-state index contributed by atoms with van der Waals surface area (Å²) < 4.78 is 14.2. The molecule has 0 aromatic carbocycles. The fraction of sp³-hybridized carbons (Fsp3) is 0.800. The molecule has 1 N–H and O–H groups in total. The van der Waals surface area contributed by atoms with Crippen molar-refractivity contribution < 1.29 is 18.4 Å². The van der Waals surface area contributed by atoms with Crippen LogP contribution in [0.1, 0.15) is 6.92 Å². The van der Waals surface area contributed by atoms with Crippen LogP contribution >= 0.6 is 0 Å². The smallest absolute Gasteiger partial charge is 0.450 e. The Morgan fingerprint density at radius 1 is 1.45 bits per heavy atom. The first-order valence-electron chi connectivity index (χ1n) is 3.13. The molecule has 0 bridgehead atoms. The first-order chi connectivity index (χ1) is 5.24. The van der Waals surface area contributed by atoms with E-state index >= 15 is 0 Å². The Balaban J connectivity index is 3.54. The maximum Gasteiger partial charge on any atom is 0.530 e. The summed E-state index contributed by atoms with van der Waals surface area (Å²) in [7, 11) is 1.26. The van der Waals surface area contributed by atoms with Crippen molar-refractivity contribution >= 4 is 15.5 Å². The second kappa shape index (κ2) is 6.14. The van der Waals surface area contributed by atoms with Gasteiger partial charge >= 0.3 is 15.5 Å². The Kier molecular flexibility index (Phi) is 5.81. The second-order valence-corrected chi connectivity index (χ2v) is 3.18. The van der Waals surface area contributed by atoms with Gasteiger partial charge in [0, 0.05) is 14.2 Å². The minimum absolute atomic E-state index is 0.342. The molecule has 0 aliphatic rings. The maximum absolute atomic E-state index is 10.7. The molecular weight excluding hydrogens is 166 g/mol. The van der Waals surface area contributed by atoms with Crippen LogP contribution in [0, 0.1) is 0 Å². The molecule has 0 spiro atoms. The topological polar surface area (TPSA) is 56.8 Å². The number of hydrogen-bond donors (Lipinski definition) is 1. The van der Waals surface area contributed by atoms with Crippen LogP contribution in [0.3, 0.4) is 0 Å². The van der Waals surface area contributed by atoms with Crippen molar-refractivity contribution in [3.8, 4) is 0 Å². The molecule has 5 nitrogen and oxygen atoms in total. The van der Waals surface area contributed by atoms with Gasteiger partial charge in [0.1, 0.15) is 0 Å². The third-order valence-corrected chi connectivity index (χ3v) is 2.00. The Bertz CT molecular complexity index is 117. The predicted octanol–water partition coefficient (Wildman–Crippen LogP) is 0.0102. The molecule has 11 heavy (non-hydrogen) atoms. The average Bonchev–Trinajstić information content (AvgIpc) is 2.01. The lowest BCUT2D eigenvalue weighted by molar-refractivity contribution is 0.152. The van der Waals surface area contributed by atoms with Gasteiger partial charge in [-0.25, -0.2) is 4.79 Å². The highest BCUT2D eigenvalue weighted by Gasteiger charge is 2.17. The molecule has 0 heterocycles. The zero-order valence-corrected chi connectivity index (χ0v) is 7.84. The van der Waals surface area contributed by atoms with E-state index in [2.05, 4.69) is 9.72 Å². The maximum atomic E-state index is 10.7. The van der Waals surface area contributed by atoms with Gasteiger partial charge in [0.05, 0.1) is 6.61 Å². The van der Waals surface area contributed by atoms with Gasteiger partial charge in [-0.3, -0.25) is 0 Å². The van der Waals surface area contributed by atoms with Crippen LogP contribution < -0.4 is 4.98 Å². The Hall–Kier alpha value is -0.593. The number of carbonyl (C=O) groups excluding carboxylic acids is 1. The van der Waals surface area contributed by atoms with Crippen molar-refractivity contribution in [1.29, 1.82) is 0 Å². The van der Waals surface area contributed by atoms with Gasteiger partial charge in [0.15, 0.2) is 0 Å². The SMILES string of the molecule is CCOC(=O)N[Si](OC)OC. The second-order valence-electron chi connectivity index (χ2n) is 1.54. The van der Waals surface area contributed by atoms with E-state index in [4.69, 9.17) is 8.85 Å². The largest absolute Gasteiger partial charge is 0.530 e. The minimum Gasteiger partial charge on any atom is -0.450 e. The summed E-state index contributed by atoms with van der Waals surface area (Å²) in [5.74, 6) is 0. The van der Waals surface area contributed by atoms with Crippen LogP contribution in [0.15, 0.2) is 0 Å². The number of amides is 1. The summed E-state index contributed by atoms with van der Waals surface area (Å²) in [5.41, 5.74) is 0. The summed E-state index contributed by atoms with van der Waals surface area (Å²) in [6, 6.07) is 0. The number of nitrogens with one attached hydrogen (secondary N) is 1. The number of hydrogen-bond acceptors (Lipinski definition) is 4. The molecule has 0 fully saturated rings. The zero-order valence-electron chi connectivity index (χ0n) is 6.84. The predicted molar refractivity (Wildman–Crippen MR) is 39.9 cm³/mol. The summed E-state index contributed by atoms with van der Waals surface area (Å²) in [6.07, 6.45) is -0.509. The number of carbonyl (C=O) groups is 1. The lowest BCUT2D eigenvalue weighted by Gasteiger charge is -2.09. The first kappa shape index (κ1) is 10.4. The molecule has 0 atom stereocenters. The molecule has 0 aromatic heterocycles. The molecule has 0 unspecified atom stereocenters. The molecule has 65 valence electrons. The van der Waals surface area contributed by atoms with Crippen LogP contribution in [0.4, 0.5) is 4.79 Å². The quantitative estimate of drug-likeness (QED) is 0.616. The Morgan fingerprint density at radius 2 is 2.00 bits per heavy atom. The van der Waals surface area contributed by atoms with Crippen LogP contribution in [0.2, 0.25) is 0 Å². The van der Waals surface area contributed by atoms with Crippen molar-refractivity contribution in [3.05, 3.63) is 0 Å². The monoisotopic (exact) mass is 178 g/mol. The first-order valence-corrected chi connectivity index (χ1v) is 4.45. The van der Waals surface area contributed by atoms with Crippen molar-refractivity contribution in [2.45, 2.75) is 6.92 Å². The van der Waals surface area contributed by atoms with E-state index in [1.54, 1.807) is 6.92 Å². The van der Waals surface area contributed by atoms with Crippen molar-refractivity contribution in [3.63, 3.8) is 0 Å². The molecule has 1 radical (unpaired) electrons. The Morgan fingerprint density at radius 3 is 2.36 bits per heavy atom.